The van der Waals surface area contributed by atoms with Crippen molar-refractivity contribution in [2.24, 2.45) is 0 Å². The summed E-state index contributed by atoms with van der Waals surface area (Å²) in [6.45, 7) is 0.0979. The average molecular weight is 424 g/mol. The molecule has 1 unspecified atom stereocenters. The van der Waals surface area contributed by atoms with Crippen molar-refractivity contribution in [1.29, 1.82) is 0 Å². The highest BCUT2D eigenvalue weighted by Gasteiger charge is 2.21. The number of aldehydes is 1. The van der Waals surface area contributed by atoms with E-state index in [1.807, 2.05) is 72.8 Å². The molecule has 0 heterocycles. The Kier molecular flexibility index (Phi) is 6.95. The van der Waals surface area contributed by atoms with Gasteiger partial charge in [0.25, 0.3) is 0 Å². The molecule has 0 aliphatic carbocycles. The van der Waals surface area contributed by atoms with E-state index >= 15 is 0 Å². The zero-order chi connectivity index (χ0) is 22.2. The molecule has 160 valence electrons. The monoisotopic (exact) mass is 424 g/mol. The van der Waals surface area contributed by atoms with Crippen LogP contribution < -0.4 is 9.47 Å². The smallest absolute Gasteiger partial charge is 0.188 e. The molecule has 4 aromatic carbocycles. The third kappa shape index (κ3) is 5.05. The number of benzene rings is 4. The van der Waals surface area contributed by atoms with E-state index in [4.69, 9.17) is 14.2 Å². The van der Waals surface area contributed by atoms with E-state index in [0.29, 0.717) is 17.1 Å². The molecule has 0 bridgehead atoms. The lowest BCUT2D eigenvalue weighted by molar-refractivity contribution is 0.0491. The van der Waals surface area contributed by atoms with Gasteiger partial charge in [-0.05, 0) is 47.0 Å². The number of methoxy groups -OCH3 is 1. The van der Waals surface area contributed by atoms with Crippen molar-refractivity contribution in [3.63, 3.8) is 0 Å². The van der Waals surface area contributed by atoms with Crippen LogP contribution in [0.1, 0.15) is 27.6 Å². The zero-order valence-corrected chi connectivity index (χ0v) is 17.8. The van der Waals surface area contributed by atoms with Crippen LogP contribution in [0, 0.1) is 0 Å². The van der Waals surface area contributed by atoms with Crippen molar-refractivity contribution in [1.82, 2.24) is 0 Å². The first-order chi connectivity index (χ1) is 15.8. The van der Waals surface area contributed by atoms with Gasteiger partial charge in [0.1, 0.15) is 17.8 Å². The summed E-state index contributed by atoms with van der Waals surface area (Å²) in [6, 6.07) is 33.4. The second-order valence-electron chi connectivity index (χ2n) is 7.26. The molecular weight excluding hydrogens is 400 g/mol. The fraction of sp³-hybridized carbons (Fsp3) is 0.107. The molecular formula is C28H24O4. The Morgan fingerprint density at radius 3 is 2.09 bits per heavy atom. The lowest BCUT2D eigenvalue weighted by Crippen LogP contribution is -2.13. The van der Waals surface area contributed by atoms with Gasteiger partial charge in [-0.25, -0.2) is 0 Å². The molecule has 0 saturated carbocycles. The van der Waals surface area contributed by atoms with Crippen molar-refractivity contribution in [2.75, 3.05) is 13.9 Å². The molecule has 4 rings (SSSR count). The average Bonchev–Trinajstić information content (AvgIpc) is 2.87. The van der Waals surface area contributed by atoms with Crippen molar-refractivity contribution in [3.05, 3.63) is 120 Å². The Labute approximate surface area is 188 Å². The third-order valence-corrected chi connectivity index (χ3v) is 5.10. The molecule has 0 spiro atoms. The molecule has 0 saturated heterocycles. The van der Waals surface area contributed by atoms with Gasteiger partial charge in [0.05, 0.1) is 0 Å². The second kappa shape index (κ2) is 10.4. The molecule has 1 atom stereocenters. The SMILES string of the molecule is COCOc1ccc(C=O)cc1C(Oc1ccc(-c2ccccc2)cc1)c1ccccc1. The van der Waals surface area contributed by atoms with Gasteiger partial charge >= 0.3 is 0 Å². The first kappa shape index (κ1) is 21.3. The van der Waals surface area contributed by atoms with E-state index in [1.165, 1.54) is 0 Å². The van der Waals surface area contributed by atoms with E-state index in [9.17, 15) is 4.79 Å². The maximum Gasteiger partial charge on any atom is 0.188 e. The highest BCUT2D eigenvalue weighted by Crippen LogP contribution is 2.35. The minimum absolute atomic E-state index is 0.0979. The largest absolute Gasteiger partial charge is 0.481 e. The Hall–Kier alpha value is -3.89. The summed E-state index contributed by atoms with van der Waals surface area (Å²) >= 11 is 0. The molecule has 4 nitrogen and oxygen atoms in total. The quantitative estimate of drug-likeness (QED) is 0.233. The fourth-order valence-corrected chi connectivity index (χ4v) is 3.53. The number of carbonyl (C=O) groups excluding carboxylic acids is 1. The minimum Gasteiger partial charge on any atom is -0.481 e. The zero-order valence-electron chi connectivity index (χ0n) is 17.8. The molecule has 0 radical (unpaired) electrons. The van der Waals surface area contributed by atoms with Gasteiger partial charge in [0.2, 0.25) is 0 Å². The predicted molar refractivity (Wildman–Crippen MR) is 125 cm³/mol. The maximum atomic E-state index is 11.5. The summed E-state index contributed by atoms with van der Waals surface area (Å²) in [6.07, 6.45) is 0.353. The third-order valence-electron chi connectivity index (χ3n) is 5.10. The topological polar surface area (TPSA) is 44.8 Å². The summed E-state index contributed by atoms with van der Waals surface area (Å²) in [5.74, 6) is 1.32. The Morgan fingerprint density at radius 2 is 1.44 bits per heavy atom. The number of carbonyl (C=O) groups is 1. The van der Waals surface area contributed by atoms with Crippen molar-refractivity contribution >= 4 is 6.29 Å². The first-order valence-electron chi connectivity index (χ1n) is 10.4. The molecule has 0 aliphatic heterocycles. The molecule has 32 heavy (non-hydrogen) atoms. The summed E-state index contributed by atoms with van der Waals surface area (Å²) in [5, 5.41) is 0. The number of hydrogen-bond acceptors (Lipinski definition) is 4. The lowest BCUT2D eigenvalue weighted by atomic mass is 9.98. The predicted octanol–water partition coefficient (Wildman–Crippen LogP) is 6.32. The fourth-order valence-electron chi connectivity index (χ4n) is 3.53. The first-order valence-corrected chi connectivity index (χ1v) is 10.4. The van der Waals surface area contributed by atoms with E-state index in [-0.39, 0.29) is 6.79 Å². The molecule has 4 heteroatoms. The highest BCUT2D eigenvalue weighted by atomic mass is 16.7. The van der Waals surface area contributed by atoms with Crippen LogP contribution >= 0.6 is 0 Å². The lowest BCUT2D eigenvalue weighted by Gasteiger charge is -2.23. The summed E-state index contributed by atoms with van der Waals surface area (Å²) in [5.41, 5.74) is 4.51. The molecule has 0 N–H and O–H groups in total. The normalized spacial score (nSPS) is 11.5. The van der Waals surface area contributed by atoms with Crippen molar-refractivity contribution < 1.29 is 19.0 Å². The summed E-state index contributed by atoms with van der Waals surface area (Å²) in [4.78, 5) is 11.5. The maximum absolute atomic E-state index is 11.5. The Bertz CT molecular complexity index is 1140. The van der Waals surface area contributed by atoms with E-state index in [0.717, 1.165) is 28.5 Å². The van der Waals surface area contributed by atoms with E-state index < -0.39 is 6.10 Å². The van der Waals surface area contributed by atoms with Crippen LogP contribution in [0.5, 0.6) is 11.5 Å². The van der Waals surface area contributed by atoms with Crippen LogP contribution in [0.2, 0.25) is 0 Å². The molecule has 0 amide bonds. The van der Waals surface area contributed by atoms with Crippen molar-refractivity contribution in [2.45, 2.75) is 6.10 Å². The van der Waals surface area contributed by atoms with E-state index in [1.54, 1.807) is 25.3 Å². The molecule has 0 aliphatic rings. The highest BCUT2D eigenvalue weighted by molar-refractivity contribution is 5.76. The minimum atomic E-state index is -0.467. The van der Waals surface area contributed by atoms with E-state index in [2.05, 4.69) is 12.1 Å². The van der Waals surface area contributed by atoms with Crippen LogP contribution in [-0.4, -0.2) is 20.2 Å². The standard InChI is InChI=1S/C28H24O4/c1-30-20-31-27-17-12-21(19-29)18-26(27)28(24-10-6-3-7-11-24)32-25-15-13-23(14-16-25)22-8-4-2-5-9-22/h2-19,28H,20H2,1H3. The number of ether oxygens (including phenoxy) is 3. The molecule has 0 fully saturated rings. The van der Waals surface area contributed by atoms with Crippen molar-refractivity contribution in [3.8, 4) is 22.6 Å². The van der Waals surface area contributed by atoms with Crippen LogP contribution in [0.15, 0.2) is 103 Å². The van der Waals surface area contributed by atoms with Gasteiger partial charge in [0.15, 0.2) is 12.9 Å². The van der Waals surface area contributed by atoms with Crippen LogP contribution in [-0.2, 0) is 4.74 Å². The van der Waals surface area contributed by atoms with Crippen LogP contribution in [0.4, 0.5) is 0 Å². The van der Waals surface area contributed by atoms with Gasteiger partial charge in [-0.2, -0.15) is 0 Å². The van der Waals surface area contributed by atoms with Gasteiger partial charge < -0.3 is 14.2 Å². The van der Waals surface area contributed by atoms with Gasteiger partial charge in [-0.1, -0.05) is 72.8 Å². The molecule has 4 aromatic rings. The van der Waals surface area contributed by atoms with Gasteiger partial charge in [-0.3, -0.25) is 4.79 Å². The van der Waals surface area contributed by atoms with Gasteiger partial charge in [-0.15, -0.1) is 0 Å². The molecule has 0 aromatic heterocycles. The van der Waals surface area contributed by atoms with Crippen LogP contribution in [0.25, 0.3) is 11.1 Å². The summed E-state index contributed by atoms with van der Waals surface area (Å²) < 4.78 is 17.3. The second-order valence-corrected chi connectivity index (χ2v) is 7.26. The number of hydrogen-bond donors (Lipinski definition) is 0. The van der Waals surface area contributed by atoms with Gasteiger partial charge in [0, 0.05) is 18.2 Å². The number of rotatable bonds is 9. The summed E-state index contributed by atoms with van der Waals surface area (Å²) in [7, 11) is 1.57. The van der Waals surface area contributed by atoms with Crippen LogP contribution in [0.3, 0.4) is 0 Å². The Balaban J connectivity index is 1.70. The Morgan fingerprint density at radius 1 is 0.781 bits per heavy atom.